The van der Waals surface area contributed by atoms with Crippen molar-refractivity contribution in [3.05, 3.63) is 53.6 Å². The first-order chi connectivity index (χ1) is 19.3. The molecule has 41 heavy (non-hydrogen) atoms. The van der Waals surface area contributed by atoms with Gasteiger partial charge in [-0.2, -0.15) is 5.11 Å². The number of benzene rings is 2. The van der Waals surface area contributed by atoms with Gasteiger partial charge in [0.05, 0.1) is 25.3 Å². The molecule has 10 heteroatoms. The van der Waals surface area contributed by atoms with Crippen molar-refractivity contribution in [2.75, 3.05) is 13.2 Å². The van der Waals surface area contributed by atoms with Gasteiger partial charge in [0.1, 0.15) is 17.2 Å². The van der Waals surface area contributed by atoms with Crippen molar-refractivity contribution in [3.8, 4) is 17.2 Å². The molecule has 0 heterocycles. The summed E-state index contributed by atoms with van der Waals surface area (Å²) < 4.78 is 17.5. The van der Waals surface area contributed by atoms with Gasteiger partial charge < -0.3 is 24.2 Å². The second-order valence-corrected chi connectivity index (χ2v) is 10.8. The molecule has 1 N–H and O–H groups in total. The fraction of sp³-hybridized carbons (Fsp3) is 0.516. The minimum Gasteiger partial charge on any atom is -0.494 e. The monoisotopic (exact) mass is 569 g/mol. The van der Waals surface area contributed by atoms with Crippen molar-refractivity contribution in [1.29, 1.82) is 0 Å². The summed E-state index contributed by atoms with van der Waals surface area (Å²) in [4.78, 5) is 37.7. The molecule has 0 aliphatic rings. The van der Waals surface area contributed by atoms with E-state index < -0.39 is 11.6 Å². The van der Waals surface area contributed by atoms with Crippen LogP contribution < -0.4 is 14.2 Å². The van der Waals surface area contributed by atoms with Crippen LogP contribution in [0.1, 0.15) is 83.7 Å². The average molecular weight is 570 g/mol. The topological polar surface area (TPSA) is 127 Å². The number of unbranched alkanes of at least 4 members (excludes halogenated alkanes) is 2. The van der Waals surface area contributed by atoms with E-state index in [4.69, 9.17) is 14.2 Å². The van der Waals surface area contributed by atoms with Gasteiger partial charge in [-0.25, -0.2) is 4.79 Å². The zero-order valence-electron chi connectivity index (χ0n) is 25.2. The Labute approximate surface area is 242 Å². The summed E-state index contributed by atoms with van der Waals surface area (Å²) >= 11 is 0. The number of amides is 2. The fourth-order valence-electron chi connectivity index (χ4n) is 4.05. The first-order valence-electron chi connectivity index (χ1n) is 13.9. The highest BCUT2D eigenvalue weighted by molar-refractivity contribution is 5.97. The van der Waals surface area contributed by atoms with Crippen molar-refractivity contribution >= 4 is 17.8 Å². The van der Waals surface area contributed by atoms with Crippen LogP contribution in [0.3, 0.4) is 0 Å². The van der Waals surface area contributed by atoms with E-state index in [1.165, 1.54) is 20.8 Å². The van der Waals surface area contributed by atoms with Crippen LogP contribution in [0.25, 0.3) is 0 Å². The molecule has 0 aromatic heterocycles. The Balaban J connectivity index is 1.91. The van der Waals surface area contributed by atoms with Gasteiger partial charge in [-0.15, -0.1) is 5.11 Å². The largest absolute Gasteiger partial charge is 0.494 e. The Morgan fingerprint density at radius 2 is 1.44 bits per heavy atom. The average Bonchev–Trinajstić information content (AvgIpc) is 2.88. The summed E-state index contributed by atoms with van der Waals surface area (Å²) in [6, 6.07) is 12.3. The molecule has 224 valence electrons. The van der Waals surface area contributed by atoms with Gasteiger partial charge in [0.15, 0.2) is 5.60 Å². The lowest BCUT2D eigenvalue weighted by molar-refractivity contribution is -0.152. The van der Waals surface area contributed by atoms with Crippen molar-refractivity contribution in [3.63, 3.8) is 0 Å². The third-order valence-corrected chi connectivity index (χ3v) is 6.13. The summed E-state index contributed by atoms with van der Waals surface area (Å²) in [7, 11) is 0. The summed E-state index contributed by atoms with van der Waals surface area (Å²) in [5.74, 6) is -0.260. The minimum absolute atomic E-state index is 0.0435. The molecule has 0 spiro atoms. The highest BCUT2D eigenvalue weighted by Gasteiger charge is 2.32. The third kappa shape index (κ3) is 10.9. The van der Waals surface area contributed by atoms with Gasteiger partial charge in [0.25, 0.3) is 11.8 Å². The van der Waals surface area contributed by atoms with E-state index in [1.54, 1.807) is 23.1 Å². The number of rotatable bonds is 16. The lowest BCUT2D eigenvalue weighted by Gasteiger charge is -2.32. The van der Waals surface area contributed by atoms with Gasteiger partial charge in [-0.05, 0) is 90.6 Å². The van der Waals surface area contributed by atoms with E-state index in [-0.39, 0.29) is 29.6 Å². The molecule has 0 unspecified atom stereocenters. The van der Waals surface area contributed by atoms with Crippen molar-refractivity contribution < 1.29 is 33.7 Å². The number of carbonyl (C=O) groups excluding carboxylic acids is 2. The van der Waals surface area contributed by atoms with Crippen LogP contribution in [0.5, 0.6) is 17.2 Å². The molecule has 0 aliphatic heterocycles. The Morgan fingerprint density at radius 3 is 1.98 bits per heavy atom. The van der Waals surface area contributed by atoms with E-state index in [9.17, 15) is 19.5 Å². The first kappa shape index (κ1) is 33.3. The molecule has 2 amide bonds. The van der Waals surface area contributed by atoms with Crippen LogP contribution in [0.15, 0.2) is 52.7 Å². The van der Waals surface area contributed by atoms with Crippen LogP contribution in [0.2, 0.25) is 0 Å². The standard InChI is InChI=1S/C31H43N3O7/c1-21(2)34(22(3)4)29(36)27-16-15-26(19-28(27)41-31(6,7)30(37)38)40-18-10-8-9-17-39-25-13-11-24(12-14-25)20-32-33-23(5)35/h11-16,19,21-22H,8-10,17-18,20H2,1-7H3,(H,37,38). The maximum Gasteiger partial charge on any atom is 0.347 e. The molecule has 2 aromatic rings. The predicted molar refractivity (Wildman–Crippen MR) is 156 cm³/mol. The van der Waals surface area contributed by atoms with Crippen LogP contribution in [0, 0.1) is 0 Å². The molecule has 0 radical (unpaired) electrons. The minimum atomic E-state index is -1.53. The summed E-state index contributed by atoms with van der Waals surface area (Å²) in [5, 5.41) is 16.9. The second kappa shape index (κ2) is 15.7. The molecule has 10 nitrogen and oxygen atoms in total. The molecule has 2 aromatic carbocycles. The van der Waals surface area contributed by atoms with E-state index >= 15 is 0 Å². The van der Waals surface area contributed by atoms with Crippen molar-refractivity contribution in [2.24, 2.45) is 10.2 Å². The molecular formula is C31H43N3O7. The van der Waals surface area contributed by atoms with Crippen molar-refractivity contribution in [2.45, 2.75) is 92.0 Å². The summed E-state index contributed by atoms with van der Waals surface area (Å²) in [6.07, 6.45) is 2.51. The van der Waals surface area contributed by atoms with Gasteiger partial charge in [0.2, 0.25) is 0 Å². The lowest BCUT2D eigenvalue weighted by Crippen LogP contribution is -2.43. The summed E-state index contributed by atoms with van der Waals surface area (Å²) in [6.45, 7) is 13.3. The Bertz CT molecular complexity index is 1180. The third-order valence-electron chi connectivity index (χ3n) is 6.13. The lowest BCUT2D eigenvalue weighted by atomic mass is 10.1. The van der Waals surface area contributed by atoms with Gasteiger partial charge >= 0.3 is 5.97 Å². The fourth-order valence-corrected chi connectivity index (χ4v) is 4.05. The number of carboxylic acids is 1. The number of carbonyl (C=O) groups is 3. The van der Waals surface area contributed by atoms with E-state index in [2.05, 4.69) is 10.2 Å². The molecule has 0 saturated heterocycles. The first-order valence-corrected chi connectivity index (χ1v) is 13.9. The summed E-state index contributed by atoms with van der Waals surface area (Å²) in [5.41, 5.74) is -0.302. The molecule has 0 aliphatic carbocycles. The van der Waals surface area contributed by atoms with E-state index in [1.807, 2.05) is 52.0 Å². The number of hydrogen-bond acceptors (Lipinski definition) is 7. The maximum absolute atomic E-state index is 13.4. The van der Waals surface area contributed by atoms with E-state index in [0.29, 0.717) is 31.1 Å². The molecule has 2 rings (SSSR count). The van der Waals surface area contributed by atoms with Crippen LogP contribution in [0.4, 0.5) is 0 Å². The zero-order valence-corrected chi connectivity index (χ0v) is 25.2. The predicted octanol–water partition coefficient (Wildman–Crippen LogP) is 6.31. The Morgan fingerprint density at radius 1 is 0.878 bits per heavy atom. The SMILES string of the molecule is CC(=O)N=NCc1ccc(OCCCCCOc2ccc(C(=O)N(C(C)C)C(C)C)c(OC(C)(C)C(=O)O)c2)cc1. The van der Waals surface area contributed by atoms with Gasteiger partial charge in [0, 0.05) is 25.1 Å². The Kier molecular flexibility index (Phi) is 12.8. The number of azo groups is 1. The normalized spacial score (nSPS) is 11.6. The number of ether oxygens (including phenoxy) is 3. The van der Waals surface area contributed by atoms with Gasteiger partial charge in [-0.1, -0.05) is 12.1 Å². The number of hydrogen-bond donors (Lipinski definition) is 1. The van der Waals surface area contributed by atoms with Crippen LogP contribution in [-0.2, 0) is 16.1 Å². The molecule has 0 saturated carbocycles. The number of nitrogens with zero attached hydrogens (tertiary/aromatic N) is 3. The van der Waals surface area contributed by atoms with Crippen LogP contribution in [-0.4, -0.2) is 58.7 Å². The molecular weight excluding hydrogens is 526 g/mol. The maximum atomic E-state index is 13.4. The number of aliphatic carboxylic acids is 1. The second-order valence-electron chi connectivity index (χ2n) is 10.8. The Hall–Kier alpha value is -3.95. The highest BCUT2D eigenvalue weighted by atomic mass is 16.5. The highest BCUT2D eigenvalue weighted by Crippen LogP contribution is 2.31. The van der Waals surface area contributed by atoms with Crippen molar-refractivity contribution in [1.82, 2.24) is 4.90 Å². The smallest absolute Gasteiger partial charge is 0.347 e. The zero-order chi connectivity index (χ0) is 30.6. The molecule has 0 bridgehead atoms. The van der Waals surface area contributed by atoms with Crippen LogP contribution >= 0.6 is 0 Å². The molecule has 0 atom stereocenters. The van der Waals surface area contributed by atoms with Gasteiger partial charge in [-0.3, -0.25) is 9.59 Å². The molecule has 0 fully saturated rings. The quantitative estimate of drug-likeness (QED) is 0.185. The van der Waals surface area contributed by atoms with E-state index in [0.717, 1.165) is 30.6 Å². The number of carboxylic acid groups (broad SMARTS) is 1.